The molecular weight excluding hydrogens is 508 g/mol. The van der Waals surface area contributed by atoms with E-state index in [0.29, 0.717) is 42.2 Å². The number of aromatic hydroxyl groups is 1. The van der Waals surface area contributed by atoms with Crippen molar-refractivity contribution < 1.29 is 19.4 Å². The van der Waals surface area contributed by atoms with Crippen LogP contribution in [0.3, 0.4) is 0 Å². The molecule has 1 aliphatic carbocycles. The topological polar surface area (TPSA) is 129 Å². The van der Waals surface area contributed by atoms with E-state index >= 15 is 0 Å². The molecule has 0 unspecified atom stereocenters. The highest BCUT2D eigenvalue weighted by molar-refractivity contribution is 5.78. The van der Waals surface area contributed by atoms with Crippen molar-refractivity contribution >= 4 is 11.9 Å². The molecule has 3 heterocycles. The summed E-state index contributed by atoms with van der Waals surface area (Å²) in [4.78, 5) is 14.1. The Hall–Kier alpha value is -3.66. The molecule has 1 aliphatic heterocycles. The Morgan fingerprint density at radius 1 is 1.10 bits per heavy atom. The minimum Gasteiger partial charge on any atom is -0.507 e. The number of phenolic OH excluding ortho intramolecular Hbond substituents is 1. The quantitative estimate of drug-likeness (QED) is 0.390. The molecule has 0 bridgehead atoms. The first-order chi connectivity index (χ1) is 19.1. The predicted molar refractivity (Wildman–Crippen MR) is 152 cm³/mol. The van der Waals surface area contributed by atoms with Crippen LogP contribution in [0.25, 0.3) is 22.4 Å². The molecule has 2 fully saturated rings. The molecule has 0 radical (unpaired) electrons. The molecule has 1 saturated heterocycles. The monoisotopic (exact) mass is 548 g/mol. The minimum absolute atomic E-state index is 0.149. The van der Waals surface area contributed by atoms with Crippen LogP contribution in [-0.4, -0.2) is 67.0 Å². The van der Waals surface area contributed by atoms with E-state index in [1.807, 2.05) is 43.8 Å². The summed E-state index contributed by atoms with van der Waals surface area (Å²) in [7, 11) is 0. The SMILES string of the molecule is CC(C)(C)OC(=O)N1CCC(O[C@H]2C[C@H](CCCn3cc(-c4cc(-c5ccccc5O)nnc4N)cn3)C2)CC1. The Labute approximate surface area is 235 Å². The molecule has 2 aliphatic rings. The molecule has 5 rings (SSSR count). The van der Waals surface area contributed by atoms with E-state index in [1.54, 1.807) is 29.3 Å². The molecule has 3 aromatic rings. The first-order valence-corrected chi connectivity index (χ1v) is 14.2. The molecule has 214 valence electrons. The lowest BCUT2D eigenvalue weighted by atomic mass is 9.79. The van der Waals surface area contributed by atoms with E-state index in [9.17, 15) is 9.90 Å². The second-order valence-corrected chi connectivity index (χ2v) is 11.9. The van der Waals surface area contributed by atoms with Crippen molar-refractivity contribution in [2.24, 2.45) is 5.92 Å². The number of carbonyl (C=O) groups is 1. The third-order valence-electron chi connectivity index (χ3n) is 7.62. The van der Waals surface area contributed by atoms with E-state index in [0.717, 1.165) is 56.2 Å². The Balaban J connectivity index is 1.03. The van der Waals surface area contributed by atoms with Crippen molar-refractivity contribution in [2.45, 2.75) is 83.6 Å². The predicted octanol–water partition coefficient (Wildman–Crippen LogP) is 5.27. The zero-order valence-corrected chi connectivity index (χ0v) is 23.6. The van der Waals surface area contributed by atoms with E-state index in [1.165, 1.54) is 0 Å². The average Bonchev–Trinajstić information content (AvgIpc) is 3.36. The molecule has 1 saturated carbocycles. The average molecular weight is 549 g/mol. The van der Waals surface area contributed by atoms with Crippen molar-refractivity contribution in [1.82, 2.24) is 24.9 Å². The van der Waals surface area contributed by atoms with Crippen LogP contribution < -0.4 is 5.73 Å². The number of aryl methyl sites for hydroxylation is 1. The van der Waals surface area contributed by atoms with Gasteiger partial charge >= 0.3 is 6.09 Å². The van der Waals surface area contributed by atoms with Gasteiger partial charge in [-0.15, -0.1) is 10.2 Å². The zero-order valence-electron chi connectivity index (χ0n) is 23.6. The lowest BCUT2D eigenvalue weighted by Crippen LogP contribution is -2.45. The number of para-hydroxylation sites is 1. The molecule has 1 aromatic carbocycles. The van der Waals surface area contributed by atoms with Crippen LogP contribution in [-0.2, 0) is 16.0 Å². The Kier molecular flexibility index (Phi) is 8.25. The Bertz CT molecular complexity index is 1310. The number of ether oxygens (including phenoxy) is 2. The van der Waals surface area contributed by atoms with Gasteiger partial charge in [0.25, 0.3) is 0 Å². The van der Waals surface area contributed by atoms with Gasteiger partial charge < -0.3 is 25.2 Å². The summed E-state index contributed by atoms with van der Waals surface area (Å²) in [5.74, 6) is 1.16. The number of hydrogen-bond acceptors (Lipinski definition) is 8. The highest BCUT2D eigenvalue weighted by Crippen LogP contribution is 2.36. The smallest absolute Gasteiger partial charge is 0.410 e. The highest BCUT2D eigenvalue weighted by Gasteiger charge is 2.33. The lowest BCUT2D eigenvalue weighted by Gasteiger charge is -2.40. The van der Waals surface area contributed by atoms with Crippen molar-refractivity contribution in [3.63, 3.8) is 0 Å². The van der Waals surface area contributed by atoms with Crippen molar-refractivity contribution in [2.75, 3.05) is 18.8 Å². The van der Waals surface area contributed by atoms with E-state index in [4.69, 9.17) is 15.2 Å². The number of aromatic nitrogens is 4. The van der Waals surface area contributed by atoms with Gasteiger partial charge in [-0.2, -0.15) is 5.10 Å². The fourth-order valence-corrected chi connectivity index (χ4v) is 5.42. The van der Waals surface area contributed by atoms with Crippen LogP contribution in [0, 0.1) is 5.92 Å². The summed E-state index contributed by atoms with van der Waals surface area (Å²) in [6.07, 6.45) is 10.2. The number of hydrogen-bond donors (Lipinski definition) is 2. The number of nitrogens with zero attached hydrogens (tertiary/aromatic N) is 5. The van der Waals surface area contributed by atoms with Crippen LogP contribution in [0.4, 0.5) is 10.6 Å². The van der Waals surface area contributed by atoms with Crippen molar-refractivity contribution in [3.8, 4) is 28.1 Å². The number of anilines is 1. The molecule has 0 spiro atoms. The third-order valence-corrected chi connectivity index (χ3v) is 7.62. The number of carbonyl (C=O) groups excluding carboxylic acids is 1. The maximum atomic E-state index is 12.3. The molecule has 2 aromatic heterocycles. The van der Waals surface area contributed by atoms with E-state index < -0.39 is 5.60 Å². The largest absolute Gasteiger partial charge is 0.507 e. The van der Waals surface area contributed by atoms with Gasteiger partial charge in [-0.1, -0.05) is 12.1 Å². The van der Waals surface area contributed by atoms with Gasteiger partial charge in [0.2, 0.25) is 0 Å². The fraction of sp³-hybridized carbons (Fsp3) is 0.533. The van der Waals surface area contributed by atoms with Gasteiger partial charge in [0.05, 0.1) is 24.1 Å². The molecule has 1 amide bonds. The maximum Gasteiger partial charge on any atom is 0.410 e. The van der Waals surface area contributed by atoms with Gasteiger partial charge in [0.15, 0.2) is 5.82 Å². The molecular formula is C30H40N6O4. The van der Waals surface area contributed by atoms with Crippen molar-refractivity contribution in [1.29, 1.82) is 0 Å². The molecule has 40 heavy (non-hydrogen) atoms. The number of nitrogen functional groups attached to an aromatic ring is 1. The fourth-order valence-electron chi connectivity index (χ4n) is 5.42. The Morgan fingerprint density at radius 3 is 2.58 bits per heavy atom. The third kappa shape index (κ3) is 6.91. The number of piperidine rings is 1. The van der Waals surface area contributed by atoms with Gasteiger partial charge in [-0.3, -0.25) is 4.68 Å². The number of likely N-dealkylation sites (tertiary alicyclic amines) is 1. The summed E-state index contributed by atoms with van der Waals surface area (Å²) >= 11 is 0. The summed E-state index contributed by atoms with van der Waals surface area (Å²) in [6, 6.07) is 8.88. The van der Waals surface area contributed by atoms with Crippen LogP contribution in [0.2, 0.25) is 0 Å². The number of amides is 1. The molecule has 10 heteroatoms. The second-order valence-electron chi connectivity index (χ2n) is 11.9. The first kappa shape index (κ1) is 27.9. The second kappa shape index (κ2) is 11.8. The molecule has 10 nitrogen and oxygen atoms in total. The number of rotatable bonds is 8. The minimum atomic E-state index is -0.464. The number of benzene rings is 1. The first-order valence-electron chi connectivity index (χ1n) is 14.2. The normalized spacial score (nSPS) is 19.8. The summed E-state index contributed by atoms with van der Waals surface area (Å²) < 4.78 is 13.8. The van der Waals surface area contributed by atoms with Crippen LogP contribution in [0.15, 0.2) is 42.7 Å². The molecule has 3 N–H and O–H groups in total. The van der Waals surface area contributed by atoms with Crippen LogP contribution >= 0.6 is 0 Å². The van der Waals surface area contributed by atoms with E-state index in [-0.39, 0.29) is 17.9 Å². The lowest BCUT2D eigenvalue weighted by molar-refractivity contribution is -0.0949. The van der Waals surface area contributed by atoms with E-state index in [2.05, 4.69) is 15.3 Å². The van der Waals surface area contributed by atoms with Gasteiger partial charge in [0, 0.05) is 42.5 Å². The van der Waals surface area contributed by atoms with Crippen molar-refractivity contribution in [3.05, 3.63) is 42.7 Å². The van der Waals surface area contributed by atoms with Gasteiger partial charge in [0.1, 0.15) is 11.4 Å². The van der Waals surface area contributed by atoms with Gasteiger partial charge in [-0.25, -0.2) is 4.79 Å². The van der Waals surface area contributed by atoms with Crippen LogP contribution in [0.1, 0.15) is 59.3 Å². The summed E-state index contributed by atoms with van der Waals surface area (Å²) in [6.45, 7) is 7.90. The number of nitrogens with two attached hydrogens (primary N) is 1. The van der Waals surface area contributed by atoms with Gasteiger partial charge in [-0.05, 0) is 83.4 Å². The molecule has 0 atom stereocenters. The van der Waals surface area contributed by atoms with Crippen LogP contribution in [0.5, 0.6) is 5.75 Å². The standard InChI is InChI=1S/C30H40N6O4/c1-30(2,3)40-29(38)35-13-10-22(11-14-35)39-23-15-20(16-23)7-6-12-36-19-21(18-32-36)25-17-26(33-34-28(25)31)24-8-4-5-9-27(24)37/h4-5,8-9,17-20,22-23,37H,6-7,10-16H2,1-3H3,(H2,31,34)/t20-,23-. The summed E-state index contributed by atoms with van der Waals surface area (Å²) in [5.41, 5.74) is 8.45. The summed E-state index contributed by atoms with van der Waals surface area (Å²) in [5, 5.41) is 23.0. The number of phenols is 1. The Morgan fingerprint density at radius 2 is 1.85 bits per heavy atom. The zero-order chi connectivity index (χ0) is 28.3. The maximum absolute atomic E-state index is 12.3. The highest BCUT2D eigenvalue weighted by atomic mass is 16.6.